The standard InChI is InChI=1S/C20H23NO7/c1-24-13-6-7-15(14(11-13)20(23)28-5)21-18(22)10-12-8-16(25-2)19(27-4)17(9-12)26-3/h6-9,11H,10H2,1-5H3,(H,21,22). The van der Waals surface area contributed by atoms with Crippen molar-refractivity contribution in [3.8, 4) is 23.0 Å². The summed E-state index contributed by atoms with van der Waals surface area (Å²) >= 11 is 0. The number of ether oxygens (including phenoxy) is 5. The molecule has 0 aliphatic carbocycles. The topological polar surface area (TPSA) is 92.3 Å². The van der Waals surface area contributed by atoms with Crippen molar-refractivity contribution in [1.82, 2.24) is 0 Å². The van der Waals surface area contributed by atoms with E-state index in [-0.39, 0.29) is 17.9 Å². The number of methoxy groups -OCH3 is 5. The maximum atomic E-state index is 12.5. The molecule has 0 radical (unpaired) electrons. The first-order valence-electron chi connectivity index (χ1n) is 8.32. The third kappa shape index (κ3) is 4.64. The van der Waals surface area contributed by atoms with Crippen molar-refractivity contribution in [3.63, 3.8) is 0 Å². The summed E-state index contributed by atoms with van der Waals surface area (Å²) in [5, 5.41) is 2.72. The van der Waals surface area contributed by atoms with Crippen molar-refractivity contribution in [2.45, 2.75) is 6.42 Å². The molecule has 1 amide bonds. The maximum absolute atomic E-state index is 12.5. The summed E-state index contributed by atoms with van der Waals surface area (Å²) in [7, 11) is 7.26. The predicted molar refractivity (Wildman–Crippen MR) is 103 cm³/mol. The van der Waals surface area contributed by atoms with Crippen LogP contribution in [0.4, 0.5) is 5.69 Å². The minimum atomic E-state index is -0.581. The number of benzene rings is 2. The molecule has 0 atom stereocenters. The first-order valence-corrected chi connectivity index (χ1v) is 8.32. The van der Waals surface area contributed by atoms with E-state index in [4.69, 9.17) is 23.7 Å². The quantitative estimate of drug-likeness (QED) is 0.694. The number of hydrogen-bond donors (Lipinski definition) is 1. The van der Waals surface area contributed by atoms with Gasteiger partial charge in [0.2, 0.25) is 11.7 Å². The lowest BCUT2D eigenvalue weighted by Gasteiger charge is -2.15. The van der Waals surface area contributed by atoms with Crippen LogP contribution in [0.2, 0.25) is 0 Å². The van der Waals surface area contributed by atoms with E-state index >= 15 is 0 Å². The SMILES string of the molecule is COC(=O)c1cc(OC)ccc1NC(=O)Cc1cc(OC)c(OC)c(OC)c1. The highest BCUT2D eigenvalue weighted by molar-refractivity contribution is 6.02. The normalized spacial score (nSPS) is 10.0. The van der Waals surface area contributed by atoms with Gasteiger partial charge in [0.05, 0.1) is 53.2 Å². The molecule has 150 valence electrons. The zero-order chi connectivity index (χ0) is 20.7. The highest BCUT2D eigenvalue weighted by atomic mass is 16.5. The molecule has 0 bridgehead atoms. The molecule has 0 unspecified atom stereocenters. The lowest BCUT2D eigenvalue weighted by molar-refractivity contribution is -0.115. The summed E-state index contributed by atoms with van der Waals surface area (Å²) in [5.74, 6) is 0.903. The number of anilines is 1. The van der Waals surface area contributed by atoms with E-state index in [1.807, 2.05) is 0 Å². The summed E-state index contributed by atoms with van der Waals surface area (Å²) in [5.41, 5.74) is 1.17. The molecule has 2 aromatic carbocycles. The second-order valence-corrected chi connectivity index (χ2v) is 5.66. The fourth-order valence-electron chi connectivity index (χ4n) is 2.66. The summed E-state index contributed by atoms with van der Waals surface area (Å²) in [4.78, 5) is 24.5. The fraction of sp³-hybridized carbons (Fsp3) is 0.300. The third-order valence-corrected chi connectivity index (χ3v) is 4.00. The first kappa shape index (κ1) is 20.9. The highest BCUT2D eigenvalue weighted by Gasteiger charge is 2.18. The van der Waals surface area contributed by atoms with Gasteiger partial charge in [-0.05, 0) is 35.9 Å². The van der Waals surface area contributed by atoms with E-state index < -0.39 is 5.97 Å². The van der Waals surface area contributed by atoms with Crippen LogP contribution in [-0.2, 0) is 16.0 Å². The number of carbonyl (C=O) groups is 2. The summed E-state index contributed by atoms with van der Waals surface area (Å²) in [6, 6.07) is 8.10. The molecule has 1 N–H and O–H groups in total. The van der Waals surface area contributed by atoms with Crippen molar-refractivity contribution in [2.75, 3.05) is 40.9 Å². The molecule has 8 heteroatoms. The zero-order valence-electron chi connectivity index (χ0n) is 16.5. The molecule has 8 nitrogen and oxygen atoms in total. The number of nitrogens with one attached hydrogen (secondary N) is 1. The van der Waals surface area contributed by atoms with Crippen LogP contribution in [0.25, 0.3) is 0 Å². The Labute approximate surface area is 163 Å². The summed E-state index contributed by atoms with van der Waals surface area (Å²) < 4.78 is 25.8. The van der Waals surface area contributed by atoms with E-state index in [0.29, 0.717) is 34.2 Å². The molecule has 2 rings (SSSR count). The van der Waals surface area contributed by atoms with Crippen LogP contribution in [-0.4, -0.2) is 47.4 Å². The largest absolute Gasteiger partial charge is 0.497 e. The molecule has 0 saturated carbocycles. The van der Waals surface area contributed by atoms with Gasteiger partial charge in [0.1, 0.15) is 5.75 Å². The fourth-order valence-corrected chi connectivity index (χ4v) is 2.66. The van der Waals surface area contributed by atoms with Gasteiger partial charge in [-0.15, -0.1) is 0 Å². The van der Waals surface area contributed by atoms with Gasteiger partial charge in [-0.3, -0.25) is 4.79 Å². The molecule has 0 aliphatic heterocycles. The molecule has 0 fully saturated rings. The molecule has 28 heavy (non-hydrogen) atoms. The average Bonchev–Trinajstić information content (AvgIpc) is 2.72. The molecular formula is C20H23NO7. The van der Waals surface area contributed by atoms with Gasteiger partial charge in [0.25, 0.3) is 0 Å². The van der Waals surface area contributed by atoms with E-state index in [9.17, 15) is 9.59 Å². The maximum Gasteiger partial charge on any atom is 0.340 e. The Morgan fingerprint density at radius 2 is 1.50 bits per heavy atom. The molecular weight excluding hydrogens is 366 g/mol. The van der Waals surface area contributed by atoms with E-state index in [1.54, 1.807) is 24.3 Å². The predicted octanol–water partition coefficient (Wildman–Crippen LogP) is 2.69. The second-order valence-electron chi connectivity index (χ2n) is 5.66. The first-order chi connectivity index (χ1) is 13.5. The Kier molecular flexibility index (Phi) is 7.08. The lowest BCUT2D eigenvalue weighted by atomic mass is 10.1. The number of rotatable bonds is 8. The molecule has 2 aromatic rings. The van der Waals surface area contributed by atoms with Crippen molar-refractivity contribution in [2.24, 2.45) is 0 Å². The van der Waals surface area contributed by atoms with E-state index in [1.165, 1.54) is 41.6 Å². The number of carbonyl (C=O) groups excluding carboxylic acids is 2. The smallest absolute Gasteiger partial charge is 0.340 e. The highest BCUT2D eigenvalue weighted by Crippen LogP contribution is 2.38. The van der Waals surface area contributed by atoms with Crippen LogP contribution in [0.15, 0.2) is 30.3 Å². The van der Waals surface area contributed by atoms with Gasteiger partial charge >= 0.3 is 5.97 Å². The average molecular weight is 389 g/mol. The minimum Gasteiger partial charge on any atom is -0.497 e. The van der Waals surface area contributed by atoms with Crippen molar-refractivity contribution < 1.29 is 33.3 Å². The van der Waals surface area contributed by atoms with Gasteiger partial charge in [-0.2, -0.15) is 0 Å². The van der Waals surface area contributed by atoms with Crippen LogP contribution in [0, 0.1) is 0 Å². The van der Waals surface area contributed by atoms with Crippen LogP contribution in [0.5, 0.6) is 23.0 Å². The summed E-state index contributed by atoms with van der Waals surface area (Å²) in [6.45, 7) is 0. The van der Waals surface area contributed by atoms with Gasteiger partial charge in [0.15, 0.2) is 11.5 Å². The van der Waals surface area contributed by atoms with Crippen molar-refractivity contribution in [3.05, 3.63) is 41.5 Å². The van der Waals surface area contributed by atoms with Crippen LogP contribution < -0.4 is 24.3 Å². The molecule has 0 spiro atoms. The Bertz CT molecular complexity index is 839. The second kappa shape index (κ2) is 9.50. The monoisotopic (exact) mass is 389 g/mol. The van der Waals surface area contributed by atoms with Crippen LogP contribution in [0.1, 0.15) is 15.9 Å². The number of amides is 1. The van der Waals surface area contributed by atoms with Crippen molar-refractivity contribution in [1.29, 1.82) is 0 Å². The van der Waals surface area contributed by atoms with Gasteiger partial charge in [-0.1, -0.05) is 0 Å². The lowest BCUT2D eigenvalue weighted by Crippen LogP contribution is -2.17. The van der Waals surface area contributed by atoms with Crippen LogP contribution in [0.3, 0.4) is 0 Å². The van der Waals surface area contributed by atoms with Gasteiger partial charge in [-0.25, -0.2) is 4.79 Å². The van der Waals surface area contributed by atoms with Gasteiger partial charge in [0, 0.05) is 0 Å². The Morgan fingerprint density at radius 1 is 0.857 bits per heavy atom. The summed E-state index contributed by atoms with van der Waals surface area (Å²) in [6.07, 6.45) is 0.0311. The number of esters is 1. The molecule has 0 saturated heterocycles. The van der Waals surface area contributed by atoms with E-state index in [0.717, 1.165) is 0 Å². The Balaban J connectivity index is 2.26. The van der Waals surface area contributed by atoms with Gasteiger partial charge < -0.3 is 29.0 Å². The molecule has 0 aromatic heterocycles. The number of hydrogen-bond acceptors (Lipinski definition) is 7. The van der Waals surface area contributed by atoms with Crippen molar-refractivity contribution >= 4 is 17.6 Å². The minimum absolute atomic E-state index is 0.0311. The molecule has 0 aliphatic rings. The zero-order valence-corrected chi connectivity index (χ0v) is 16.5. The Hall–Kier alpha value is -3.42. The Morgan fingerprint density at radius 3 is 2.00 bits per heavy atom. The van der Waals surface area contributed by atoms with Crippen LogP contribution >= 0.6 is 0 Å². The third-order valence-electron chi connectivity index (χ3n) is 4.00. The van der Waals surface area contributed by atoms with E-state index in [2.05, 4.69) is 5.32 Å². The molecule has 0 heterocycles.